The number of H-pyrrole nitrogens is 1. The van der Waals surface area contributed by atoms with Crippen LogP contribution in [0, 0.1) is 0 Å². The molecule has 0 bridgehead atoms. The molecule has 0 fully saturated rings. The normalized spacial score (nSPS) is 11.1. The maximum Gasteiger partial charge on any atom is 0.250 e. The minimum absolute atomic E-state index is 0.207. The number of halogens is 1. The highest BCUT2D eigenvalue weighted by atomic mass is 35.5. The van der Waals surface area contributed by atoms with Crippen LogP contribution in [-0.2, 0) is 11.4 Å². The van der Waals surface area contributed by atoms with Gasteiger partial charge in [-0.2, -0.15) is 5.10 Å². The molecule has 0 saturated carbocycles. The Morgan fingerprint density at radius 3 is 2.68 bits per heavy atom. The van der Waals surface area contributed by atoms with Crippen LogP contribution < -0.4 is 10.2 Å². The van der Waals surface area contributed by atoms with Crippen molar-refractivity contribution in [2.45, 2.75) is 11.8 Å². The fourth-order valence-corrected chi connectivity index (χ4v) is 3.64. The fourth-order valence-electron chi connectivity index (χ4n) is 2.77. The maximum absolute atomic E-state index is 12.0. The molecule has 4 aromatic rings. The Balaban J connectivity index is 1.22. The summed E-state index contributed by atoms with van der Waals surface area (Å²) in [4.78, 5) is 19.6. The summed E-state index contributed by atoms with van der Waals surface area (Å²) in [6, 6.07) is 22.7. The number of hydrogen-bond acceptors (Lipinski definition) is 5. The zero-order valence-electron chi connectivity index (χ0n) is 16.4. The number of carbonyl (C=O) groups is 1. The molecule has 3 aromatic carbocycles. The van der Waals surface area contributed by atoms with Crippen molar-refractivity contribution in [2.24, 2.45) is 5.10 Å². The zero-order valence-corrected chi connectivity index (χ0v) is 18.0. The minimum atomic E-state index is -0.207. The standard InChI is InChI=1S/C23H19ClN4O2S/c24-19-6-2-1-5-17(19)14-30-18-11-9-16(10-12-18)13-25-28-22(29)15-31-23-26-20-7-3-4-8-21(20)27-23/h1-13H,14-15H2,(H,26,27)(H,28,29)/b25-13+. The second kappa shape index (κ2) is 10.1. The second-order valence-corrected chi connectivity index (χ2v) is 7.96. The lowest BCUT2D eigenvalue weighted by atomic mass is 10.2. The zero-order chi connectivity index (χ0) is 21.5. The Morgan fingerprint density at radius 1 is 1.10 bits per heavy atom. The number of aromatic amines is 1. The van der Waals surface area contributed by atoms with Gasteiger partial charge < -0.3 is 9.72 Å². The molecule has 8 heteroatoms. The number of hydrogen-bond donors (Lipinski definition) is 2. The maximum atomic E-state index is 12.0. The van der Waals surface area contributed by atoms with E-state index in [9.17, 15) is 4.79 Å². The van der Waals surface area contributed by atoms with Gasteiger partial charge in [0.05, 0.1) is 23.0 Å². The van der Waals surface area contributed by atoms with Gasteiger partial charge in [0.2, 0.25) is 0 Å². The lowest BCUT2D eigenvalue weighted by Gasteiger charge is -2.07. The number of benzene rings is 3. The van der Waals surface area contributed by atoms with E-state index in [2.05, 4.69) is 20.5 Å². The van der Waals surface area contributed by atoms with Gasteiger partial charge in [-0.15, -0.1) is 0 Å². The van der Waals surface area contributed by atoms with Crippen molar-refractivity contribution in [2.75, 3.05) is 5.75 Å². The van der Waals surface area contributed by atoms with Crippen molar-refractivity contribution in [3.05, 3.63) is 88.9 Å². The molecule has 156 valence electrons. The van der Waals surface area contributed by atoms with Crippen molar-refractivity contribution < 1.29 is 9.53 Å². The van der Waals surface area contributed by atoms with E-state index in [0.717, 1.165) is 27.9 Å². The molecule has 0 unspecified atom stereocenters. The van der Waals surface area contributed by atoms with E-state index in [1.165, 1.54) is 11.8 Å². The lowest BCUT2D eigenvalue weighted by molar-refractivity contribution is -0.118. The third-order valence-electron chi connectivity index (χ3n) is 4.34. The van der Waals surface area contributed by atoms with Gasteiger partial charge in [0, 0.05) is 10.6 Å². The molecule has 0 aliphatic carbocycles. The fraction of sp³-hybridized carbons (Fsp3) is 0.0870. The van der Waals surface area contributed by atoms with Gasteiger partial charge in [-0.05, 0) is 48.0 Å². The summed E-state index contributed by atoms with van der Waals surface area (Å²) in [6.45, 7) is 0.395. The second-order valence-electron chi connectivity index (χ2n) is 6.59. The summed E-state index contributed by atoms with van der Waals surface area (Å²) < 4.78 is 5.76. The minimum Gasteiger partial charge on any atom is -0.489 e. The van der Waals surface area contributed by atoms with Gasteiger partial charge >= 0.3 is 0 Å². The number of ether oxygens (including phenoxy) is 1. The first kappa shape index (κ1) is 21.0. The van der Waals surface area contributed by atoms with Crippen LogP contribution in [0.3, 0.4) is 0 Å². The van der Waals surface area contributed by atoms with Crippen LogP contribution in [0.2, 0.25) is 5.02 Å². The Labute approximate surface area is 188 Å². The molecule has 2 N–H and O–H groups in total. The van der Waals surface area contributed by atoms with E-state index in [1.54, 1.807) is 6.21 Å². The van der Waals surface area contributed by atoms with Crippen LogP contribution in [0.25, 0.3) is 11.0 Å². The number of fused-ring (bicyclic) bond motifs is 1. The Hall–Kier alpha value is -3.29. The predicted octanol–water partition coefficient (Wildman–Crippen LogP) is 5.04. The summed E-state index contributed by atoms with van der Waals surface area (Å²) in [5, 5.41) is 5.39. The van der Waals surface area contributed by atoms with E-state index in [0.29, 0.717) is 16.8 Å². The Morgan fingerprint density at radius 2 is 1.87 bits per heavy atom. The summed E-state index contributed by atoms with van der Waals surface area (Å²) in [6.07, 6.45) is 1.58. The van der Waals surface area contributed by atoms with E-state index >= 15 is 0 Å². The molecule has 0 saturated heterocycles. The van der Waals surface area contributed by atoms with Gasteiger partial charge in [-0.1, -0.05) is 53.7 Å². The van der Waals surface area contributed by atoms with Gasteiger partial charge in [-0.25, -0.2) is 10.4 Å². The first-order valence-corrected chi connectivity index (χ1v) is 10.9. The number of rotatable bonds is 8. The molecule has 1 aromatic heterocycles. The molecule has 0 aliphatic heterocycles. The molecule has 1 heterocycles. The van der Waals surface area contributed by atoms with Gasteiger partial charge in [0.1, 0.15) is 12.4 Å². The molecule has 1 amide bonds. The monoisotopic (exact) mass is 450 g/mol. The van der Waals surface area contributed by atoms with E-state index in [-0.39, 0.29) is 11.7 Å². The number of hydrazone groups is 1. The first-order chi connectivity index (χ1) is 15.2. The number of para-hydroxylation sites is 2. The smallest absolute Gasteiger partial charge is 0.250 e. The van der Waals surface area contributed by atoms with Crippen LogP contribution in [-0.4, -0.2) is 27.8 Å². The molecule has 0 spiro atoms. The summed E-state index contributed by atoms with van der Waals surface area (Å²) in [5.74, 6) is 0.733. The summed E-state index contributed by atoms with van der Waals surface area (Å²) in [5.41, 5.74) is 6.12. The summed E-state index contributed by atoms with van der Waals surface area (Å²) in [7, 11) is 0. The largest absolute Gasteiger partial charge is 0.489 e. The van der Waals surface area contributed by atoms with Crippen LogP contribution in [0.4, 0.5) is 0 Å². The lowest BCUT2D eigenvalue weighted by Crippen LogP contribution is -2.19. The highest BCUT2D eigenvalue weighted by Gasteiger charge is 2.06. The quantitative estimate of drug-likeness (QED) is 0.224. The Kier molecular flexibility index (Phi) is 6.86. The molecule has 31 heavy (non-hydrogen) atoms. The topological polar surface area (TPSA) is 79.4 Å². The highest BCUT2D eigenvalue weighted by molar-refractivity contribution is 7.99. The van der Waals surface area contributed by atoms with Gasteiger partial charge in [-0.3, -0.25) is 4.79 Å². The summed E-state index contributed by atoms with van der Waals surface area (Å²) >= 11 is 7.46. The predicted molar refractivity (Wildman–Crippen MR) is 125 cm³/mol. The van der Waals surface area contributed by atoms with Crippen molar-refractivity contribution >= 4 is 46.5 Å². The van der Waals surface area contributed by atoms with E-state index in [1.807, 2.05) is 72.8 Å². The molecule has 0 atom stereocenters. The van der Waals surface area contributed by atoms with Crippen molar-refractivity contribution in [1.82, 2.24) is 15.4 Å². The average molecular weight is 451 g/mol. The number of imidazole rings is 1. The van der Waals surface area contributed by atoms with Gasteiger partial charge in [0.25, 0.3) is 5.91 Å². The number of thioether (sulfide) groups is 1. The van der Waals surface area contributed by atoms with Crippen molar-refractivity contribution in [3.8, 4) is 5.75 Å². The molecular formula is C23H19ClN4O2S. The number of carbonyl (C=O) groups excluding carboxylic acids is 1. The number of amides is 1. The average Bonchev–Trinajstić information content (AvgIpc) is 3.21. The Bertz CT molecular complexity index is 1170. The third kappa shape index (κ3) is 5.87. The van der Waals surface area contributed by atoms with E-state index in [4.69, 9.17) is 16.3 Å². The van der Waals surface area contributed by atoms with Crippen LogP contribution in [0.5, 0.6) is 5.75 Å². The number of nitrogens with zero attached hydrogens (tertiary/aromatic N) is 2. The van der Waals surface area contributed by atoms with Crippen LogP contribution in [0.1, 0.15) is 11.1 Å². The van der Waals surface area contributed by atoms with Crippen molar-refractivity contribution in [3.63, 3.8) is 0 Å². The molecule has 6 nitrogen and oxygen atoms in total. The van der Waals surface area contributed by atoms with E-state index < -0.39 is 0 Å². The van der Waals surface area contributed by atoms with Crippen LogP contribution in [0.15, 0.2) is 83.1 Å². The van der Waals surface area contributed by atoms with Gasteiger partial charge in [0.15, 0.2) is 5.16 Å². The highest BCUT2D eigenvalue weighted by Crippen LogP contribution is 2.20. The molecule has 0 radical (unpaired) electrons. The third-order valence-corrected chi connectivity index (χ3v) is 5.58. The number of aromatic nitrogens is 2. The molecule has 0 aliphatic rings. The molecular weight excluding hydrogens is 432 g/mol. The van der Waals surface area contributed by atoms with Crippen molar-refractivity contribution in [1.29, 1.82) is 0 Å². The first-order valence-electron chi connectivity index (χ1n) is 9.53. The number of nitrogens with one attached hydrogen (secondary N) is 2. The molecule has 4 rings (SSSR count). The van der Waals surface area contributed by atoms with Crippen LogP contribution >= 0.6 is 23.4 Å². The SMILES string of the molecule is O=C(CSc1nc2ccccc2[nH]1)N/N=C/c1ccc(OCc2ccccc2Cl)cc1.